The summed E-state index contributed by atoms with van der Waals surface area (Å²) in [5.74, 6) is 2.18. The molecular weight excluding hydrogens is 580 g/mol. The summed E-state index contributed by atoms with van der Waals surface area (Å²) < 4.78 is 14.6. The molecule has 8 rings (SSSR count). The lowest BCUT2D eigenvalue weighted by Gasteiger charge is -2.21. The number of para-hydroxylation sites is 1. The number of pyridine rings is 2. The van der Waals surface area contributed by atoms with Crippen LogP contribution in [0.1, 0.15) is 50.7 Å². The van der Waals surface area contributed by atoms with Gasteiger partial charge in [0.05, 0.1) is 16.8 Å². The van der Waals surface area contributed by atoms with Crippen LogP contribution in [0.3, 0.4) is 0 Å². The number of rotatable bonds is 7. The molecule has 0 saturated heterocycles. The number of hydrogen-bond acceptors (Lipinski definition) is 5. The monoisotopic (exact) mass is 614 g/mol. The Labute approximate surface area is 273 Å². The van der Waals surface area contributed by atoms with Crippen LogP contribution in [0, 0.1) is 0 Å². The van der Waals surface area contributed by atoms with Gasteiger partial charge < -0.3 is 9.26 Å². The quantitative estimate of drug-likeness (QED) is 0.179. The maximum absolute atomic E-state index is 6.68. The van der Waals surface area contributed by atoms with E-state index in [-0.39, 0.29) is 0 Å². The van der Waals surface area contributed by atoms with Gasteiger partial charge in [-0.05, 0) is 94.8 Å². The van der Waals surface area contributed by atoms with Crippen LogP contribution in [-0.2, 0) is 0 Å². The van der Waals surface area contributed by atoms with E-state index in [9.17, 15) is 0 Å². The van der Waals surface area contributed by atoms with Crippen molar-refractivity contribution >= 4 is 27.6 Å². The molecule has 0 atom stereocenters. The lowest BCUT2D eigenvalue weighted by atomic mass is 9.84. The second-order valence-corrected chi connectivity index (χ2v) is 12.6. The molecule has 230 valence electrons. The van der Waals surface area contributed by atoms with Gasteiger partial charge in [-0.15, -0.1) is 0 Å². The lowest BCUT2D eigenvalue weighted by molar-refractivity contribution is 0.423. The number of aromatic nitrogens is 4. The number of nitrogens with zero attached hydrogens (tertiary/aromatic N) is 4. The molecule has 4 aromatic heterocycles. The Morgan fingerprint density at radius 2 is 1.38 bits per heavy atom. The molecule has 0 spiro atoms. The molecule has 0 aliphatic carbocycles. The number of benzene rings is 4. The maximum Gasteiger partial charge on any atom is 0.181 e. The van der Waals surface area contributed by atoms with E-state index in [1.165, 1.54) is 16.7 Å². The zero-order valence-corrected chi connectivity index (χ0v) is 26.8. The second-order valence-electron chi connectivity index (χ2n) is 12.6. The van der Waals surface area contributed by atoms with Gasteiger partial charge in [0, 0.05) is 23.5 Å². The summed E-state index contributed by atoms with van der Waals surface area (Å²) in [6.45, 7) is 9.01. The van der Waals surface area contributed by atoms with Crippen molar-refractivity contribution in [2.24, 2.45) is 0 Å². The highest BCUT2D eigenvalue weighted by atomic mass is 16.5. The molecule has 0 unspecified atom stereocenters. The van der Waals surface area contributed by atoms with Crippen LogP contribution in [0.2, 0.25) is 0 Å². The van der Waals surface area contributed by atoms with E-state index in [0.717, 1.165) is 61.5 Å². The summed E-state index contributed by atoms with van der Waals surface area (Å²) in [6, 6.07) is 37.0. The third-order valence-corrected chi connectivity index (χ3v) is 8.72. The molecule has 4 aromatic carbocycles. The molecule has 0 saturated carbocycles. The van der Waals surface area contributed by atoms with Crippen LogP contribution in [0.4, 0.5) is 0 Å². The van der Waals surface area contributed by atoms with Crippen molar-refractivity contribution in [3.05, 3.63) is 133 Å². The van der Waals surface area contributed by atoms with Crippen LogP contribution in [0.5, 0.6) is 11.5 Å². The molecule has 0 aliphatic heterocycles. The Kier molecular flexibility index (Phi) is 7.06. The van der Waals surface area contributed by atoms with Gasteiger partial charge in [-0.25, -0.2) is 4.98 Å². The Balaban J connectivity index is 1.24. The summed E-state index contributed by atoms with van der Waals surface area (Å²) in [6.07, 6.45) is 3.63. The Morgan fingerprint density at radius 1 is 0.638 bits per heavy atom. The first-order valence-electron chi connectivity index (χ1n) is 16.1. The fraction of sp³-hybridized carbons (Fsp3) is 0.146. The average Bonchev–Trinajstić information content (AvgIpc) is 3.65. The molecule has 0 bridgehead atoms. The van der Waals surface area contributed by atoms with E-state index in [4.69, 9.17) is 19.2 Å². The van der Waals surface area contributed by atoms with E-state index in [2.05, 4.69) is 69.1 Å². The normalized spacial score (nSPS) is 11.8. The molecular formula is C41H34N4O2. The SMILES string of the molecule is CC(C)c1cccc(C(C)C)c1-c1cc(Oc2cccc(-c3nccc4c3nc3c5ccccc5on43)c2)cc(-c2ccccn2)c1. The van der Waals surface area contributed by atoms with Crippen molar-refractivity contribution in [2.75, 3.05) is 0 Å². The highest BCUT2D eigenvalue weighted by molar-refractivity contribution is 5.99. The van der Waals surface area contributed by atoms with Gasteiger partial charge in [-0.2, -0.15) is 4.57 Å². The molecule has 0 N–H and O–H groups in total. The van der Waals surface area contributed by atoms with Gasteiger partial charge in [0.1, 0.15) is 22.5 Å². The van der Waals surface area contributed by atoms with E-state index in [1.54, 1.807) is 10.8 Å². The molecule has 47 heavy (non-hydrogen) atoms. The summed E-state index contributed by atoms with van der Waals surface area (Å²) in [7, 11) is 0. The molecule has 0 aliphatic rings. The molecule has 6 heteroatoms. The Bertz CT molecular complexity index is 2380. The zero-order chi connectivity index (χ0) is 32.1. The van der Waals surface area contributed by atoms with E-state index < -0.39 is 0 Å². The largest absolute Gasteiger partial charge is 0.457 e. The van der Waals surface area contributed by atoms with E-state index in [0.29, 0.717) is 17.6 Å². The van der Waals surface area contributed by atoms with Gasteiger partial charge in [0.25, 0.3) is 0 Å². The molecule has 0 radical (unpaired) electrons. The van der Waals surface area contributed by atoms with Gasteiger partial charge in [0.15, 0.2) is 11.2 Å². The third-order valence-electron chi connectivity index (χ3n) is 8.72. The zero-order valence-electron chi connectivity index (χ0n) is 26.8. The molecule has 6 nitrogen and oxygen atoms in total. The fourth-order valence-electron chi connectivity index (χ4n) is 6.50. The lowest BCUT2D eigenvalue weighted by Crippen LogP contribution is -2.00. The molecule has 0 amide bonds. The summed E-state index contributed by atoms with van der Waals surface area (Å²) >= 11 is 0. The average molecular weight is 615 g/mol. The fourth-order valence-corrected chi connectivity index (χ4v) is 6.50. The van der Waals surface area contributed by atoms with Gasteiger partial charge >= 0.3 is 0 Å². The van der Waals surface area contributed by atoms with Crippen LogP contribution in [0.15, 0.2) is 126 Å². The first kappa shape index (κ1) is 28.7. The molecule has 4 heterocycles. The number of imidazole rings is 1. The van der Waals surface area contributed by atoms with Gasteiger partial charge in [0.2, 0.25) is 0 Å². The topological polar surface area (TPSA) is 65.5 Å². The third kappa shape index (κ3) is 5.12. The van der Waals surface area contributed by atoms with Gasteiger partial charge in [-0.3, -0.25) is 9.97 Å². The number of fused-ring (bicyclic) bond motifs is 5. The van der Waals surface area contributed by atoms with Crippen LogP contribution >= 0.6 is 0 Å². The number of hydrogen-bond donors (Lipinski definition) is 0. The minimum atomic E-state index is 0.363. The van der Waals surface area contributed by atoms with Crippen LogP contribution in [0.25, 0.3) is 61.3 Å². The number of ether oxygens (including phenoxy) is 1. The predicted octanol–water partition coefficient (Wildman–Crippen LogP) is 11.1. The Hall–Kier alpha value is -5.75. The van der Waals surface area contributed by atoms with E-state index >= 15 is 0 Å². The summed E-state index contributed by atoms with van der Waals surface area (Å²) in [5, 5.41) is 0.968. The first-order chi connectivity index (χ1) is 22.9. The highest BCUT2D eigenvalue weighted by Gasteiger charge is 2.19. The van der Waals surface area contributed by atoms with Crippen molar-refractivity contribution in [2.45, 2.75) is 39.5 Å². The van der Waals surface area contributed by atoms with Crippen molar-refractivity contribution in [1.29, 1.82) is 0 Å². The van der Waals surface area contributed by atoms with Gasteiger partial charge in [-0.1, -0.05) is 76.2 Å². The standard InChI is InChI=1S/C41H34N4O2/c1-25(2)32-14-10-15-33(26(3)4)38(32)29-21-28(35-16-7-8-19-42-35)23-31(24-29)46-30-12-9-11-27(22-30)39-40-36(18-20-43-39)45-41(44-40)34-13-5-6-17-37(34)47-45/h5-26H,1-4H3. The van der Waals surface area contributed by atoms with Crippen molar-refractivity contribution in [3.63, 3.8) is 0 Å². The Morgan fingerprint density at radius 3 is 2.17 bits per heavy atom. The van der Waals surface area contributed by atoms with Crippen LogP contribution in [-0.4, -0.2) is 19.5 Å². The highest BCUT2D eigenvalue weighted by Crippen LogP contribution is 2.41. The van der Waals surface area contributed by atoms with Crippen molar-refractivity contribution in [3.8, 4) is 45.1 Å². The molecule has 0 fully saturated rings. The van der Waals surface area contributed by atoms with Crippen molar-refractivity contribution < 1.29 is 9.26 Å². The van der Waals surface area contributed by atoms with E-state index in [1.807, 2.05) is 79.0 Å². The summed E-state index contributed by atoms with van der Waals surface area (Å²) in [4.78, 5) is 14.4. The first-order valence-corrected chi connectivity index (χ1v) is 16.1. The predicted molar refractivity (Wildman–Crippen MR) is 189 cm³/mol. The minimum absolute atomic E-state index is 0.363. The second kappa shape index (κ2) is 11.6. The molecule has 8 aromatic rings. The van der Waals surface area contributed by atoms with Crippen LogP contribution < -0.4 is 4.74 Å². The minimum Gasteiger partial charge on any atom is -0.457 e. The van der Waals surface area contributed by atoms with Crippen molar-refractivity contribution in [1.82, 2.24) is 19.5 Å². The maximum atomic E-state index is 6.68. The summed E-state index contributed by atoms with van der Waals surface area (Å²) in [5.41, 5.74) is 11.8. The smallest absolute Gasteiger partial charge is 0.181 e.